The van der Waals surface area contributed by atoms with Gasteiger partial charge in [-0.25, -0.2) is 0 Å². The van der Waals surface area contributed by atoms with Gasteiger partial charge in [0.1, 0.15) is 0 Å². The molecule has 2 rings (SSSR count). The molecule has 1 unspecified atom stereocenters. The molecule has 1 amide bonds. The molecule has 2 N–H and O–H groups in total. The van der Waals surface area contributed by atoms with Crippen molar-refractivity contribution in [3.8, 4) is 0 Å². The van der Waals surface area contributed by atoms with E-state index in [1.165, 1.54) is 5.56 Å². The zero-order valence-electron chi connectivity index (χ0n) is 9.24. The molecule has 0 saturated carbocycles. The lowest BCUT2D eigenvalue weighted by atomic mass is 10.2. The molecule has 0 aromatic heterocycles. The predicted octanol–water partition coefficient (Wildman–Crippen LogP) is 2.08. The molecular formula is C12H15BrN2O. The van der Waals surface area contributed by atoms with E-state index in [0.717, 1.165) is 23.1 Å². The Labute approximate surface area is 104 Å². The summed E-state index contributed by atoms with van der Waals surface area (Å²) in [5, 5.41) is 0. The number of fused-ring (bicyclic) bond motifs is 1. The van der Waals surface area contributed by atoms with E-state index in [4.69, 9.17) is 5.73 Å². The minimum Gasteiger partial charge on any atom is -0.327 e. The number of nitrogens with zero attached hydrogens (tertiary/aromatic N) is 1. The number of amides is 1. The van der Waals surface area contributed by atoms with Gasteiger partial charge in [0.25, 0.3) is 0 Å². The summed E-state index contributed by atoms with van der Waals surface area (Å²) in [6.45, 7) is 2.63. The van der Waals surface area contributed by atoms with E-state index in [2.05, 4.69) is 22.0 Å². The highest BCUT2D eigenvalue weighted by atomic mass is 79.9. The molecule has 1 aromatic rings. The zero-order valence-corrected chi connectivity index (χ0v) is 10.8. The van der Waals surface area contributed by atoms with Crippen LogP contribution in [0.5, 0.6) is 0 Å². The van der Waals surface area contributed by atoms with Crippen molar-refractivity contribution in [3.63, 3.8) is 0 Å². The molecule has 1 heterocycles. The molecule has 1 atom stereocenters. The second-order valence-electron chi connectivity index (χ2n) is 4.25. The smallest absolute Gasteiger partial charge is 0.228 e. The average Bonchev–Trinajstić information content (AvgIpc) is 2.59. The van der Waals surface area contributed by atoms with Crippen molar-refractivity contribution in [1.29, 1.82) is 0 Å². The summed E-state index contributed by atoms with van der Waals surface area (Å²) in [7, 11) is 0. The highest BCUT2D eigenvalue weighted by Gasteiger charge is 2.24. The Balaban J connectivity index is 2.20. The maximum absolute atomic E-state index is 11.9. The fraction of sp³-hybridized carbons (Fsp3) is 0.417. The highest BCUT2D eigenvalue weighted by molar-refractivity contribution is 9.10. The summed E-state index contributed by atoms with van der Waals surface area (Å²) in [6.07, 6.45) is 1.34. The van der Waals surface area contributed by atoms with Gasteiger partial charge in [0.2, 0.25) is 5.91 Å². The van der Waals surface area contributed by atoms with Gasteiger partial charge in [-0.2, -0.15) is 0 Å². The normalized spacial score (nSPS) is 16.1. The Bertz CT molecular complexity index is 417. The number of carbonyl (C=O) groups is 1. The quantitative estimate of drug-likeness (QED) is 0.903. The summed E-state index contributed by atoms with van der Waals surface area (Å²) in [5.41, 5.74) is 7.92. The molecule has 3 nitrogen and oxygen atoms in total. The first-order chi connectivity index (χ1) is 7.58. The number of rotatable bonds is 2. The van der Waals surface area contributed by atoms with Crippen LogP contribution in [0.1, 0.15) is 18.9 Å². The third-order valence-corrected chi connectivity index (χ3v) is 3.23. The van der Waals surface area contributed by atoms with Crippen molar-refractivity contribution in [1.82, 2.24) is 0 Å². The zero-order chi connectivity index (χ0) is 11.7. The molecule has 4 heteroatoms. The number of carbonyl (C=O) groups excluding carboxylic acids is 1. The second-order valence-corrected chi connectivity index (χ2v) is 5.17. The summed E-state index contributed by atoms with van der Waals surface area (Å²) in [4.78, 5) is 13.8. The van der Waals surface area contributed by atoms with Crippen LogP contribution in [0.4, 0.5) is 5.69 Å². The van der Waals surface area contributed by atoms with E-state index in [9.17, 15) is 4.79 Å². The molecule has 86 valence electrons. The SMILES string of the molecule is CC(N)CC(=O)N1CCc2cc(Br)ccc21. The maximum Gasteiger partial charge on any atom is 0.228 e. The van der Waals surface area contributed by atoms with Gasteiger partial charge in [-0.3, -0.25) is 4.79 Å². The molecule has 16 heavy (non-hydrogen) atoms. The van der Waals surface area contributed by atoms with Crippen LogP contribution < -0.4 is 10.6 Å². The van der Waals surface area contributed by atoms with Crippen LogP contribution in [0.15, 0.2) is 22.7 Å². The lowest BCUT2D eigenvalue weighted by Crippen LogP contribution is -2.33. The number of benzene rings is 1. The molecule has 0 saturated heterocycles. The first-order valence-corrected chi connectivity index (χ1v) is 6.21. The Morgan fingerprint density at radius 3 is 3.06 bits per heavy atom. The van der Waals surface area contributed by atoms with E-state index in [1.54, 1.807) is 0 Å². The lowest BCUT2D eigenvalue weighted by molar-refractivity contribution is -0.118. The van der Waals surface area contributed by atoms with Crippen molar-refractivity contribution in [2.24, 2.45) is 5.73 Å². The molecular weight excluding hydrogens is 268 g/mol. The molecule has 0 radical (unpaired) electrons. The summed E-state index contributed by atoms with van der Waals surface area (Å²) < 4.78 is 1.06. The molecule has 1 aliphatic rings. The summed E-state index contributed by atoms with van der Waals surface area (Å²) in [5.74, 6) is 0.121. The summed E-state index contributed by atoms with van der Waals surface area (Å²) >= 11 is 3.44. The molecule has 0 spiro atoms. The van der Waals surface area contributed by atoms with Crippen LogP contribution in [0, 0.1) is 0 Å². The molecule has 0 bridgehead atoms. The van der Waals surface area contributed by atoms with Gasteiger partial charge >= 0.3 is 0 Å². The number of hydrogen-bond donors (Lipinski definition) is 1. The van der Waals surface area contributed by atoms with Crippen LogP contribution in [-0.4, -0.2) is 18.5 Å². The maximum atomic E-state index is 11.9. The monoisotopic (exact) mass is 282 g/mol. The van der Waals surface area contributed by atoms with Gasteiger partial charge < -0.3 is 10.6 Å². The van der Waals surface area contributed by atoms with Gasteiger partial charge in [0.15, 0.2) is 0 Å². The largest absolute Gasteiger partial charge is 0.327 e. The number of halogens is 1. The van der Waals surface area contributed by atoms with E-state index >= 15 is 0 Å². The van der Waals surface area contributed by atoms with E-state index in [-0.39, 0.29) is 11.9 Å². The minimum atomic E-state index is -0.0769. The standard InChI is InChI=1S/C12H15BrN2O/c1-8(14)6-12(16)15-5-4-9-7-10(13)2-3-11(9)15/h2-3,7-8H,4-6,14H2,1H3. The first-order valence-electron chi connectivity index (χ1n) is 5.42. The van der Waals surface area contributed by atoms with Gasteiger partial charge in [-0.05, 0) is 37.1 Å². The van der Waals surface area contributed by atoms with Crippen molar-refractivity contribution in [2.75, 3.05) is 11.4 Å². The topological polar surface area (TPSA) is 46.3 Å². The number of anilines is 1. The summed E-state index contributed by atoms with van der Waals surface area (Å²) in [6, 6.07) is 5.96. The number of hydrogen-bond acceptors (Lipinski definition) is 2. The second kappa shape index (κ2) is 4.55. The van der Waals surface area contributed by atoms with Crippen molar-refractivity contribution in [2.45, 2.75) is 25.8 Å². The van der Waals surface area contributed by atoms with Crippen LogP contribution in [0.3, 0.4) is 0 Å². The third kappa shape index (κ3) is 2.28. The average molecular weight is 283 g/mol. The van der Waals surface area contributed by atoms with Crippen molar-refractivity contribution in [3.05, 3.63) is 28.2 Å². The Morgan fingerprint density at radius 2 is 2.38 bits per heavy atom. The molecule has 0 aliphatic carbocycles. The van der Waals surface area contributed by atoms with Crippen molar-refractivity contribution < 1.29 is 4.79 Å². The lowest BCUT2D eigenvalue weighted by Gasteiger charge is -2.18. The van der Waals surface area contributed by atoms with Crippen LogP contribution in [-0.2, 0) is 11.2 Å². The molecule has 0 fully saturated rings. The van der Waals surface area contributed by atoms with Gasteiger partial charge in [0, 0.05) is 29.2 Å². The van der Waals surface area contributed by atoms with Gasteiger partial charge in [-0.1, -0.05) is 15.9 Å². The van der Waals surface area contributed by atoms with Crippen molar-refractivity contribution >= 4 is 27.5 Å². The van der Waals surface area contributed by atoms with E-state index < -0.39 is 0 Å². The van der Waals surface area contributed by atoms with Crippen LogP contribution >= 0.6 is 15.9 Å². The Kier molecular flexibility index (Phi) is 3.30. The van der Waals surface area contributed by atoms with Crippen LogP contribution in [0.2, 0.25) is 0 Å². The predicted molar refractivity (Wildman–Crippen MR) is 68.5 cm³/mol. The Morgan fingerprint density at radius 1 is 1.62 bits per heavy atom. The van der Waals surface area contributed by atoms with Gasteiger partial charge in [0.05, 0.1) is 0 Å². The fourth-order valence-electron chi connectivity index (χ4n) is 2.02. The van der Waals surface area contributed by atoms with Crippen LogP contribution in [0.25, 0.3) is 0 Å². The van der Waals surface area contributed by atoms with E-state index in [0.29, 0.717) is 6.42 Å². The first kappa shape index (κ1) is 11.6. The highest BCUT2D eigenvalue weighted by Crippen LogP contribution is 2.30. The third-order valence-electron chi connectivity index (χ3n) is 2.73. The number of nitrogens with two attached hydrogens (primary N) is 1. The van der Waals surface area contributed by atoms with E-state index in [1.807, 2.05) is 24.0 Å². The fourth-order valence-corrected chi connectivity index (χ4v) is 2.42. The molecule has 1 aromatic carbocycles. The van der Waals surface area contributed by atoms with Gasteiger partial charge in [-0.15, -0.1) is 0 Å². The molecule has 1 aliphatic heterocycles. The minimum absolute atomic E-state index is 0.0769. The Hall–Kier alpha value is -0.870.